The summed E-state index contributed by atoms with van der Waals surface area (Å²) in [6.45, 7) is 0.315. The number of hydrogen-bond acceptors (Lipinski definition) is 4. The molecule has 24 heavy (non-hydrogen) atoms. The van der Waals surface area contributed by atoms with E-state index in [0.29, 0.717) is 13.0 Å². The van der Waals surface area contributed by atoms with E-state index < -0.39 is 32.2 Å². The number of hydrogen-bond donors (Lipinski definition) is 0. The molecule has 0 aliphatic carbocycles. The van der Waals surface area contributed by atoms with Crippen LogP contribution in [0.3, 0.4) is 0 Å². The zero-order valence-corrected chi connectivity index (χ0v) is 13.5. The molecule has 0 fully saturated rings. The van der Waals surface area contributed by atoms with Crippen molar-refractivity contribution in [1.29, 1.82) is 0 Å². The van der Waals surface area contributed by atoms with E-state index in [-0.39, 0.29) is 0 Å². The molecule has 1 amide bonds. The molecule has 0 atom stereocenters. The van der Waals surface area contributed by atoms with Crippen molar-refractivity contribution < 1.29 is 17.6 Å². The third-order valence-corrected chi connectivity index (χ3v) is 5.31. The van der Waals surface area contributed by atoms with Gasteiger partial charge in [-0.3, -0.25) is 4.79 Å². The number of halogens is 1. The first kappa shape index (κ1) is 16.3. The summed E-state index contributed by atoms with van der Waals surface area (Å²) in [7, 11) is -4.05. The van der Waals surface area contributed by atoms with Gasteiger partial charge in [0.15, 0.2) is 9.84 Å². The SMILES string of the molecule is O=C(CS(=O)(=O)c1ccccc1F)N1CCC(c2ccccc2)=N1. The summed E-state index contributed by atoms with van der Waals surface area (Å²) in [6, 6.07) is 14.4. The highest BCUT2D eigenvalue weighted by Gasteiger charge is 2.28. The molecule has 1 aliphatic rings. The van der Waals surface area contributed by atoms with Crippen LogP contribution in [0.5, 0.6) is 0 Å². The first-order valence-electron chi connectivity index (χ1n) is 7.38. The zero-order valence-electron chi connectivity index (χ0n) is 12.7. The van der Waals surface area contributed by atoms with Crippen molar-refractivity contribution in [3.63, 3.8) is 0 Å². The summed E-state index contributed by atoms with van der Waals surface area (Å²) in [4.78, 5) is 11.8. The largest absolute Gasteiger partial charge is 0.272 e. The van der Waals surface area contributed by atoms with Gasteiger partial charge in [-0.05, 0) is 17.7 Å². The fourth-order valence-electron chi connectivity index (χ4n) is 2.48. The van der Waals surface area contributed by atoms with Crippen molar-refractivity contribution in [3.05, 3.63) is 66.0 Å². The number of carbonyl (C=O) groups excluding carboxylic acids is 1. The Kier molecular flexibility index (Phi) is 4.44. The molecular weight excluding hydrogens is 331 g/mol. The molecule has 0 unspecified atom stereocenters. The van der Waals surface area contributed by atoms with Crippen LogP contribution in [0, 0.1) is 5.82 Å². The van der Waals surface area contributed by atoms with Gasteiger partial charge in [-0.1, -0.05) is 42.5 Å². The van der Waals surface area contributed by atoms with Gasteiger partial charge in [0.1, 0.15) is 16.5 Å². The highest BCUT2D eigenvalue weighted by molar-refractivity contribution is 7.92. The second-order valence-electron chi connectivity index (χ2n) is 5.37. The first-order valence-corrected chi connectivity index (χ1v) is 9.03. The van der Waals surface area contributed by atoms with Crippen molar-refractivity contribution in [2.24, 2.45) is 5.10 Å². The number of sulfone groups is 1. The predicted octanol–water partition coefficient (Wildman–Crippen LogP) is 2.24. The lowest BCUT2D eigenvalue weighted by Gasteiger charge is -2.12. The Bertz CT molecular complexity index is 895. The number of hydrazone groups is 1. The standard InChI is InChI=1S/C17H15FN2O3S/c18-14-8-4-5-9-16(14)24(22,23)12-17(21)20-11-10-15(19-20)13-6-2-1-3-7-13/h1-9H,10-12H2. The lowest BCUT2D eigenvalue weighted by atomic mass is 10.1. The second kappa shape index (κ2) is 6.52. The summed E-state index contributed by atoms with van der Waals surface area (Å²) < 4.78 is 38.1. The van der Waals surface area contributed by atoms with Gasteiger partial charge in [0.2, 0.25) is 0 Å². The lowest BCUT2D eigenvalue weighted by molar-refractivity contribution is -0.127. The zero-order chi connectivity index (χ0) is 17.2. The maximum Gasteiger partial charge on any atom is 0.258 e. The molecule has 3 rings (SSSR count). The normalized spacial score (nSPS) is 14.5. The Morgan fingerprint density at radius 1 is 1.08 bits per heavy atom. The maximum absolute atomic E-state index is 13.7. The average molecular weight is 346 g/mol. The van der Waals surface area contributed by atoms with Gasteiger partial charge < -0.3 is 0 Å². The lowest BCUT2D eigenvalue weighted by Crippen LogP contribution is -2.30. The van der Waals surface area contributed by atoms with Gasteiger partial charge >= 0.3 is 0 Å². The summed E-state index contributed by atoms with van der Waals surface area (Å²) in [5, 5.41) is 5.34. The average Bonchev–Trinajstić information content (AvgIpc) is 3.06. The van der Waals surface area contributed by atoms with Crippen LogP contribution in [0.25, 0.3) is 0 Å². The van der Waals surface area contributed by atoms with Crippen LogP contribution in [-0.2, 0) is 14.6 Å². The molecule has 1 heterocycles. The van der Waals surface area contributed by atoms with E-state index in [2.05, 4.69) is 5.10 Å². The molecule has 7 heteroatoms. The molecule has 0 radical (unpaired) electrons. The third-order valence-electron chi connectivity index (χ3n) is 3.68. The van der Waals surface area contributed by atoms with Crippen LogP contribution < -0.4 is 0 Å². The molecule has 0 N–H and O–H groups in total. The Morgan fingerprint density at radius 2 is 1.75 bits per heavy atom. The minimum Gasteiger partial charge on any atom is -0.272 e. The molecule has 124 valence electrons. The third kappa shape index (κ3) is 3.35. The smallest absolute Gasteiger partial charge is 0.258 e. The number of amides is 1. The molecule has 2 aromatic rings. The monoisotopic (exact) mass is 346 g/mol. The molecular formula is C17H15FN2O3S. The van der Waals surface area contributed by atoms with E-state index in [1.54, 1.807) is 0 Å². The summed E-state index contributed by atoms with van der Waals surface area (Å²) in [5.74, 6) is -2.33. The molecule has 2 aromatic carbocycles. The predicted molar refractivity (Wildman–Crippen MR) is 87.8 cm³/mol. The fourth-order valence-corrected chi connectivity index (χ4v) is 3.76. The van der Waals surface area contributed by atoms with Crippen LogP contribution in [0.2, 0.25) is 0 Å². The van der Waals surface area contributed by atoms with E-state index >= 15 is 0 Å². The van der Waals surface area contributed by atoms with Crippen molar-refractivity contribution in [1.82, 2.24) is 5.01 Å². The van der Waals surface area contributed by atoms with Gasteiger partial charge in [-0.15, -0.1) is 0 Å². The fraction of sp³-hybridized carbons (Fsp3) is 0.176. The minimum atomic E-state index is -4.05. The number of benzene rings is 2. The van der Waals surface area contributed by atoms with Gasteiger partial charge in [-0.25, -0.2) is 17.8 Å². The van der Waals surface area contributed by atoms with Crippen LogP contribution in [0.1, 0.15) is 12.0 Å². The van der Waals surface area contributed by atoms with E-state index in [4.69, 9.17) is 0 Å². The Balaban J connectivity index is 1.77. The Labute approximate surface area is 139 Å². The maximum atomic E-state index is 13.7. The quantitative estimate of drug-likeness (QED) is 0.853. The number of nitrogens with zero attached hydrogens (tertiary/aromatic N) is 2. The molecule has 1 aliphatic heterocycles. The highest BCUT2D eigenvalue weighted by atomic mass is 32.2. The highest BCUT2D eigenvalue weighted by Crippen LogP contribution is 2.18. The number of carbonyl (C=O) groups is 1. The molecule has 0 bridgehead atoms. The summed E-state index contributed by atoms with van der Waals surface area (Å²) in [6.07, 6.45) is 0.551. The van der Waals surface area contributed by atoms with Crippen LogP contribution in [-0.4, -0.2) is 37.3 Å². The van der Waals surface area contributed by atoms with Gasteiger partial charge in [0.05, 0.1) is 12.3 Å². The topological polar surface area (TPSA) is 66.8 Å². The Morgan fingerprint density at radius 3 is 2.46 bits per heavy atom. The van der Waals surface area contributed by atoms with Crippen LogP contribution in [0.4, 0.5) is 4.39 Å². The first-order chi connectivity index (χ1) is 11.5. The van der Waals surface area contributed by atoms with E-state index in [0.717, 1.165) is 28.4 Å². The number of rotatable bonds is 4. The molecule has 0 saturated heterocycles. The molecule has 0 saturated carbocycles. The molecule has 5 nitrogen and oxygen atoms in total. The molecule has 0 spiro atoms. The Hall–Kier alpha value is -2.54. The van der Waals surface area contributed by atoms with Gasteiger partial charge in [0, 0.05) is 6.42 Å². The van der Waals surface area contributed by atoms with Gasteiger partial charge in [0.25, 0.3) is 5.91 Å². The van der Waals surface area contributed by atoms with Crippen molar-refractivity contribution in [2.75, 3.05) is 12.3 Å². The van der Waals surface area contributed by atoms with Crippen molar-refractivity contribution >= 4 is 21.5 Å². The summed E-state index contributed by atoms with van der Waals surface area (Å²) in [5.41, 5.74) is 1.62. The molecule has 0 aromatic heterocycles. The summed E-state index contributed by atoms with van der Waals surface area (Å²) >= 11 is 0. The van der Waals surface area contributed by atoms with Crippen molar-refractivity contribution in [3.8, 4) is 0 Å². The van der Waals surface area contributed by atoms with E-state index in [1.165, 1.54) is 12.1 Å². The van der Waals surface area contributed by atoms with E-state index in [9.17, 15) is 17.6 Å². The van der Waals surface area contributed by atoms with E-state index in [1.807, 2.05) is 30.3 Å². The second-order valence-corrected chi connectivity index (χ2v) is 7.33. The van der Waals surface area contributed by atoms with Crippen LogP contribution >= 0.6 is 0 Å². The minimum absolute atomic E-state index is 0.315. The van der Waals surface area contributed by atoms with Gasteiger partial charge in [-0.2, -0.15) is 5.10 Å². The van der Waals surface area contributed by atoms with Crippen molar-refractivity contribution in [2.45, 2.75) is 11.3 Å². The van der Waals surface area contributed by atoms with Crippen LogP contribution in [0.15, 0.2) is 64.6 Å².